The highest BCUT2D eigenvalue weighted by Crippen LogP contribution is 2.17. The third-order valence-electron chi connectivity index (χ3n) is 0.762. The summed E-state index contributed by atoms with van der Waals surface area (Å²) in [6, 6.07) is 0. The largest absolute Gasteiger partial charge is 0.433 e. The molecule has 0 atom stereocenters. The minimum atomic E-state index is -4.59. The third kappa shape index (κ3) is 3.54. The number of hydrogen-bond acceptors (Lipinski definition) is 1. The molecule has 2 nitrogen and oxygen atoms in total. The van der Waals surface area contributed by atoms with Gasteiger partial charge in [-0.05, 0) is 6.08 Å². The summed E-state index contributed by atoms with van der Waals surface area (Å²) in [5, 5.41) is 0. The molecule has 0 spiro atoms. The standard InChI is InChI=1S/C6H6F3NO/c1-3-5(6(7,8)9)10-4(2)11/h3H,1H2,2H3. The van der Waals surface area contributed by atoms with Crippen LogP contribution in [-0.4, -0.2) is 17.8 Å². The molecule has 1 amide bonds. The summed E-state index contributed by atoms with van der Waals surface area (Å²) >= 11 is 0. The second-order valence-corrected chi connectivity index (χ2v) is 1.72. The molecule has 62 valence electrons. The molecule has 0 fully saturated rings. The number of allylic oxidation sites excluding steroid dienone is 1. The van der Waals surface area contributed by atoms with Crippen LogP contribution in [0.3, 0.4) is 0 Å². The van der Waals surface area contributed by atoms with Crippen LogP contribution in [-0.2, 0) is 4.79 Å². The molecule has 0 aliphatic rings. The molecule has 0 saturated heterocycles. The Balaban J connectivity index is 4.68. The number of alkyl halides is 3. The number of amides is 1. The normalized spacial score (nSPS) is 12.9. The van der Waals surface area contributed by atoms with Gasteiger partial charge in [0.05, 0.1) is 0 Å². The van der Waals surface area contributed by atoms with Crippen molar-refractivity contribution >= 4 is 11.6 Å². The molecule has 11 heavy (non-hydrogen) atoms. The summed E-state index contributed by atoms with van der Waals surface area (Å²) in [6.45, 7) is 3.82. The van der Waals surface area contributed by atoms with E-state index < -0.39 is 17.8 Å². The van der Waals surface area contributed by atoms with Crippen molar-refractivity contribution in [1.29, 1.82) is 0 Å². The van der Waals surface area contributed by atoms with E-state index in [-0.39, 0.29) is 0 Å². The van der Waals surface area contributed by atoms with Crippen LogP contribution < -0.4 is 0 Å². The lowest BCUT2D eigenvalue weighted by Gasteiger charge is -2.03. The second kappa shape index (κ2) is 3.32. The van der Waals surface area contributed by atoms with Gasteiger partial charge in [-0.1, -0.05) is 6.58 Å². The lowest BCUT2D eigenvalue weighted by atomic mass is 10.3. The van der Waals surface area contributed by atoms with E-state index in [1.54, 1.807) is 0 Å². The molecule has 0 aromatic heterocycles. The molecule has 0 aliphatic heterocycles. The van der Waals surface area contributed by atoms with E-state index in [0.717, 1.165) is 6.92 Å². The zero-order valence-corrected chi connectivity index (χ0v) is 5.77. The Morgan fingerprint density at radius 2 is 2.00 bits per heavy atom. The SMILES string of the molecule is C=CC(=NC(C)=O)C(F)(F)F. The number of rotatable bonds is 1. The number of carbonyl (C=O) groups is 1. The van der Waals surface area contributed by atoms with Crippen molar-refractivity contribution in [2.45, 2.75) is 13.1 Å². The van der Waals surface area contributed by atoms with Gasteiger partial charge in [0.15, 0.2) is 0 Å². The molecule has 0 unspecified atom stereocenters. The molecular formula is C6H6F3NO. The minimum absolute atomic E-state index is 0.501. The fraction of sp³-hybridized carbons (Fsp3) is 0.333. The van der Waals surface area contributed by atoms with Crippen molar-refractivity contribution in [1.82, 2.24) is 0 Å². The molecule has 0 aromatic carbocycles. The Labute approximate surface area is 61.4 Å². The summed E-state index contributed by atoms with van der Waals surface area (Å²) in [5.74, 6) is -0.891. The Morgan fingerprint density at radius 1 is 1.55 bits per heavy atom. The van der Waals surface area contributed by atoms with Crippen molar-refractivity contribution in [2.24, 2.45) is 4.99 Å². The first-order valence-corrected chi connectivity index (χ1v) is 2.67. The average Bonchev–Trinajstić information content (AvgIpc) is 1.79. The maximum absolute atomic E-state index is 11.7. The van der Waals surface area contributed by atoms with Crippen molar-refractivity contribution in [3.05, 3.63) is 12.7 Å². The molecule has 0 heterocycles. The van der Waals surface area contributed by atoms with Gasteiger partial charge in [0.1, 0.15) is 5.71 Å². The first-order chi connectivity index (χ1) is 4.88. The van der Waals surface area contributed by atoms with Gasteiger partial charge in [0.2, 0.25) is 5.91 Å². The van der Waals surface area contributed by atoms with E-state index in [1.165, 1.54) is 0 Å². The molecule has 0 radical (unpaired) electrons. The predicted molar refractivity (Wildman–Crippen MR) is 34.4 cm³/mol. The molecule has 0 aromatic rings. The van der Waals surface area contributed by atoms with E-state index in [4.69, 9.17) is 0 Å². The highest BCUT2D eigenvalue weighted by molar-refractivity contribution is 6.04. The first kappa shape index (κ1) is 9.87. The first-order valence-electron chi connectivity index (χ1n) is 2.67. The predicted octanol–water partition coefficient (Wildman–Crippen LogP) is 1.72. The van der Waals surface area contributed by atoms with Crippen molar-refractivity contribution in [2.75, 3.05) is 0 Å². The fourth-order valence-corrected chi connectivity index (χ4v) is 0.394. The molecule has 0 bridgehead atoms. The van der Waals surface area contributed by atoms with Crippen LogP contribution in [0.2, 0.25) is 0 Å². The summed E-state index contributed by atoms with van der Waals surface area (Å²) < 4.78 is 35.2. The number of carbonyl (C=O) groups excluding carboxylic acids is 1. The maximum atomic E-state index is 11.7. The van der Waals surface area contributed by atoms with Crippen LogP contribution in [0.25, 0.3) is 0 Å². The Kier molecular flexibility index (Phi) is 2.98. The van der Waals surface area contributed by atoms with Gasteiger partial charge in [-0.15, -0.1) is 0 Å². The van der Waals surface area contributed by atoms with Gasteiger partial charge in [-0.3, -0.25) is 4.79 Å². The van der Waals surface area contributed by atoms with E-state index in [9.17, 15) is 18.0 Å². The van der Waals surface area contributed by atoms with Crippen molar-refractivity contribution in [3.63, 3.8) is 0 Å². The van der Waals surface area contributed by atoms with Crippen LogP contribution in [0.4, 0.5) is 13.2 Å². The van der Waals surface area contributed by atoms with Gasteiger partial charge in [0.25, 0.3) is 0 Å². The fourth-order valence-electron chi connectivity index (χ4n) is 0.394. The summed E-state index contributed by atoms with van der Waals surface area (Å²) in [6.07, 6.45) is -4.09. The summed E-state index contributed by atoms with van der Waals surface area (Å²) in [4.78, 5) is 12.8. The van der Waals surface area contributed by atoms with Crippen LogP contribution >= 0.6 is 0 Å². The quantitative estimate of drug-likeness (QED) is 0.544. The van der Waals surface area contributed by atoms with Crippen LogP contribution in [0.5, 0.6) is 0 Å². The molecular weight excluding hydrogens is 159 g/mol. The number of aliphatic imine (C=N–C) groups is 1. The van der Waals surface area contributed by atoms with E-state index in [0.29, 0.717) is 6.08 Å². The summed E-state index contributed by atoms with van der Waals surface area (Å²) in [5.41, 5.74) is -1.26. The van der Waals surface area contributed by atoms with Crippen LogP contribution in [0.15, 0.2) is 17.6 Å². The highest BCUT2D eigenvalue weighted by atomic mass is 19.4. The molecule has 5 heteroatoms. The van der Waals surface area contributed by atoms with Crippen LogP contribution in [0, 0.1) is 0 Å². The van der Waals surface area contributed by atoms with Crippen molar-refractivity contribution in [3.8, 4) is 0 Å². The smallest absolute Gasteiger partial charge is 0.273 e. The number of hydrogen-bond donors (Lipinski definition) is 0. The van der Waals surface area contributed by atoms with Gasteiger partial charge in [-0.25, -0.2) is 4.99 Å². The Bertz CT molecular complexity index is 204. The monoisotopic (exact) mass is 165 g/mol. The van der Waals surface area contributed by atoms with E-state index in [2.05, 4.69) is 11.6 Å². The summed E-state index contributed by atoms with van der Waals surface area (Å²) in [7, 11) is 0. The topological polar surface area (TPSA) is 29.4 Å². The zero-order chi connectivity index (χ0) is 9.07. The third-order valence-corrected chi connectivity index (χ3v) is 0.762. The maximum Gasteiger partial charge on any atom is 0.433 e. The van der Waals surface area contributed by atoms with Gasteiger partial charge >= 0.3 is 6.18 Å². The lowest BCUT2D eigenvalue weighted by molar-refractivity contribution is -0.116. The highest BCUT2D eigenvalue weighted by Gasteiger charge is 2.33. The second-order valence-electron chi connectivity index (χ2n) is 1.72. The van der Waals surface area contributed by atoms with Gasteiger partial charge in [-0.2, -0.15) is 13.2 Å². The van der Waals surface area contributed by atoms with Crippen LogP contribution in [0.1, 0.15) is 6.92 Å². The van der Waals surface area contributed by atoms with Gasteiger partial charge in [0, 0.05) is 6.92 Å². The number of nitrogens with zero attached hydrogens (tertiary/aromatic N) is 1. The molecule has 0 rings (SSSR count). The van der Waals surface area contributed by atoms with E-state index >= 15 is 0 Å². The molecule has 0 saturated carbocycles. The lowest BCUT2D eigenvalue weighted by Crippen LogP contribution is -2.21. The zero-order valence-electron chi connectivity index (χ0n) is 5.77. The van der Waals surface area contributed by atoms with Gasteiger partial charge < -0.3 is 0 Å². The average molecular weight is 165 g/mol. The Hall–Kier alpha value is -1.13. The molecule has 0 aliphatic carbocycles. The van der Waals surface area contributed by atoms with Crippen molar-refractivity contribution < 1.29 is 18.0 Å². The number of halogens is 3. The Morgan fingerprint density at radius 3 is 2.09 bits per heavy atom. The molecule has 0 N–H and O–H groups in total. The van der Waals surface area contributed by atoms with E-state index in [1.807, 2.05) is 0 Å². The minimum Gasteiger partial charge on any atom is -0.273 e.